The number of anilines is 1. The van der Waals surface area contributed by atoms with E-state index in [1.165, 1.54) is 24.1 Å². The molecule has 2 aromatic heterocycles. The Hall–Kier alpha value is -1.79. The van der Waals surface area contributed by atoms with Gasteiger partial charge in [0.1, 0.15) is 5.15 Å². The van der Waals surface area contributed by atoms with Crippen molar-refractivity contribution in [3.63, 3.8) is 0 Å². The van der Waals surface area contributed by atoms with E-state index in [1.807, 2.05) is 0 Å². The van der Waals surface area contributed by atoms with Gasteiger partial charge in [0, 0.05) is 19.3 Å². The van der Waals surface area contributed by atoms with Crippen LogP contribution in [0.5, 0.6) is 5.88 Å². The third-order valence-electron chi connectivity index (χ3n) is 2.35. The highest BCUT2D eigenvalue weighted by molar-refractivity contribution is 6.35. The van der Waals surface area contributed by atoms with Crippen molar-refractivity contribution in [2.24, 2.45) is 7.05 Å². The minimum Gasteiger partial charge on any atom is -0.481 e. The standard InChI is InChI=1S/C11H10Cl2N4O2/c1-17-10(19-2)4-9(16-17)15-11(18)6-3-8(13)14-5-7(6)12/h3-5H,1-2H3,(H,15,16,18). The van der Waals surface area contributed by atoms with Gasteiger partial charge in [-0.2, -0.15) is 5.10 Å². The van der Waals surface area contributed by atoms with E-state index in [0.29, 0.717) is 11.7 Å². The Bertz CT molecular complexity index is 627. The van der Waals surface area contributed by atoms with E-state index in [2.05, 4.69) is 15.4 Å². The minimum absolute atomic E-state index is 0.188. The number of carbonyl (C=O) groups excluding carboxylic acids is 1. The van der Waals surface area contributed by atoms with Crippen molar-refractivity contribution in [3.05, 3.63) is 34.1 Å². The fourth-order valence-electron chi connectivity index (χ4n) is 1.47. The highest BCUT2D eigenvalue weighted by Crippen LogP contribution is 2.21. The molecule has 0 aliphatic carbocycles. The van der Waals surface area contributed by atoms with Crippen molar-refractivity contribution >= 4 is 34.9 Å². The van der Waals surface area contributed by atoms with Gasteiger partial charge in [-0.3, -0.25) is 4.79 Å². The number of aromatic nitrogens is 3. The molecule has 0 saturated heterocycles. The van der Waals surface area contributed by atoms with E-state index in [4.69, 9.17) is 27.9 Å². The molecule has 0 unspecified atom stereocenters. The van der Waals surface area contributed by atoms with Crippen LogP contribution in [0, 0.1) is 0 Å². The third-order valence-corrected chi connectivity index (χ3v) is 2.86. The van der Waals surface area contributed by atoms with Crippen LogP contribution in [0.15, 0.2) is 18.3 Å². The molecule has 19 heavy (non-hydrogen) atoms. The average molecular weight is 301 g/mol. The second kappa shape index (κ2) is 5.46. The molecule has 2 rings (SSSR count). The SMILES string of the molecule is COc1cc(NC(=O)c2cc(Cl)ncc2Cl)nn1C. The van der Waals surface area contributed by atoms with Crippen LogP contribution in [0.3, 0.4) is 0 Å². The first kappa shape index (κ1) is 13.6. The zero-order chi connectivity index (χ0) is 14.0. The van der Waals surface area contributed by atoms with Crippen LogP contribution in [-0.4, -0.2) is 27.8 Å². The molecule has 0 atom stereocenters. The number of halogens is 2. The maximum atomic E-state index is 12.0. The Labute approximate surface area is 119 Å². The number of hydrogen-bond donors (Lipinski definition) is 1. The van der Waals surface area contributed by atoms with Crippen LogP contribution >= 0.6 is 23.2 Å². The summed E-state index contributed by atoms with van der Waals surface area (Å²) in [5.74, 6) is 0.456. The number of amides is 1. The average Bonchev–Trinajstić information content (AvgIpc) is 2.72. The molecule has 1 amide bonds. The predicted octanol–water partition coefficient (Wildman–Crippen LogP) is 2.38. The lowest BCUT2D eigenvalue weighted by molar-refractivity contribution is 0.102. The summed E-state index contributed by atoms with van der Waals surface area (Å²) in [5, 5.41) is 7.07. The number of carbonyl (C=O) groups is 1. The molecular weight excluding hydrogens is 291 g/mol. The fourth-order valence-corrected chi connectivity index (χ4v) is 1.82. The van der Waals surface area contributed by atoms with Crippen molar-refractivity contribution in [2.45, 2.75) is 0 Å². The van der Waals surface area contributed by atoms with E-state index < -0.39 is 5.91 Å². The van der Waals surface area contributed by atoms with Gasteiger partial charge in [0.25, 0.3) is 5.91 Å². The number of nitrogens with one attached hydrogen (secondary N) is 1. The molecule has 0 saturated carbocycles. The Morgan fingerprint density at radius 2 is 2.16 bits per heavy atom. The summed E-state index contributed by atoms with van der Waals surface area (Å²) in [6.45, 7) is 0. The molecule has 0 spiro atoms. The van der Waals surface area contributed by atoms with Gasteiger partial charge in [0.05, 0.1) is 17.7 Å². The minimum atomic E-state index is -0.421. The number of rotatable bonds is 3. The summed E-state index contributed by atoms with van der Waals surface area (Å²) in [6.07, 6.45) is 1.32. The van der Waals surface area contributed by atoms with Crippen molar-refractivity contribution in [2.75, 3.05) is 12.4 Å². The summed E-state index contributed by atoms with van der Waals surface area (Å²) in [7, 11) is 3.22. The van der Waals surface area contributed by atoms with Gasteiger partial charge in [-0.05, 0) is 6.07 Å². The van der Waals surface area contributed by atoms with E-state index >= 15 is 0 Å². The molecule has 0 bridgehead atoms. The molecule has 0 fully saturated rings. The lowest BCUT2D eigenvalue weighted by atomic mass is 10.2. The maximum absolute atomic E-state index is 12.0. The Kier molecular flexibility index (Phi) is 3.92. The topological polar surface area (TPSA) is 69.0 Å². The molecule has 6 nitrogen and oxygen atoms in total. The first-order chi connectivity index (χ1) is 9.01. The molecular formula is C11H10Cl2N4O2. The molecule has 0 aliphatic rings. The van der Waals surface area contributed by atoms with Crippen LogP contribution in [0.25, 0.3) is 0 Å². The summed E-state index contributed by atoms with van der Waals surface area (Å²) < 4.78 is 6.54. The highest BCUT2D eigenvalue weighted by atomic mass is 35.5. The van der Waals surface area contributed by atoms with Gasteiger partial charge in [0.15, 0.2) is 5.82 Å². The molecule has 100 valence electrons. The zero-order valence-corrected chi connectivity index (χ0v) is 11.7. The molecule has 2 aromatic rings. The Morgan fingerprint density at radius 3 is 2.79 bits per heavy atom. The number of nitrogens with zero attached hydrogens (tertiary/aromatic N) is 3. The van der Waals surface area contributed by atoms with E-state index in [0.717, 1.165) is 0 Å². The second-order valence-electron chi connectivity index (χ2n) is 3.64. The molecule has 2 heterocycles. The van der Waals surface area contributed by atoms with Crippen molar-refractivity contribution in [1.29, 1.82) is 0 Å². The Balaban J connectivity index is 2.22. The van der Waals surface area contributed by atoms with Gasteiger partial charge in [-0.25, -0.2) is 9.67 Å². The van der Waals surface area contributed by atoms with Crippen LogP contribution in [0.1, 0.15) is 10.4 Å². The quantitative estimate of drug-likeness (QED) is 0.884. The smallest absolute Gasteiger partial charge is 0.258 e. The largest absolute Gasteiger partial charge is 0.481 e. The number of methoxy groups -OCH3 is 1. The molecule has 0 aliphatic heterocycles. The van der Waals surface area contributed by atoms with Gasteiger partial charge >= 0.3 is 0 Å². The third kappa shape index (κ3) is 2.97. The molecule has 1 N–H and O–H groups in total. The maximum Gasteiger partial charge on any atom is 0.258 e. The summed E-state index contributed by atoms with van der Waals surface area (Å²) >= 11 is 11.6. The van der Waals surface area contributed by atoms with E-state index in [1.54, 1.807) is 13.1 Å². The van der Waals surface area contributed by atoms with Gasteiger partial charge in [0.2, 0.25) is 5.88 Å². The highest BCUT2D eigenvalue weighted by Gasteiger charge is 2.14. The molecule has 8 heteroatoms. The summed E-state index contributed by atoms with van der Waals surface area (Å²) in [4.78, 5) is 15.8. The number of aryl methyl sites for hydroxylation is 1. The van der Waals surface area contributed by atoms with E-state index in [-0.39, 0.29) is 15.7 Å². The summed E-state index contributed by atoms with van der Waals surface area (Å²) in [5.41, 5.74) is 0.228. The normalized spacial score (nSPS) is 10.3. The first-order valence-corrected chi connectivity index (χ1v) is 5.97. The first-order valence-electron chi connectivity index (χ1n) is 5.21. The van der Waals surface area contributed by atoms with Crippen LogP contribution in [-0.2, 0) is 7.05 Å². The van der Waals surface area contributed by atoms with Crippen LogP contribution in [0.2, 0.25) is 10.2 Å². The molecule has 0 aromatic carbocycles. The van der Waals surface area contributed by atoms with Crippen molar-refractivity contribution in [1.82, 2.24) is 14.8 Å². The lowest BCUT2D eigenvalue weighted by Gasteiger charge is -2.03. The fraction of sp³-hybridized carbons (Fsp3) is 0.182. The van der Waals surface area contributed by atoms with E-state index in [9.17, 15) is 4.79 Å². The number of ether oxygens (including phenoxy) is 1. The number of pyridine rings is 1. The van der Waals surface area contributed by atoms with Crippen molar-refractivity contribution < 1.29 is 9.53 Å². The second-order valence-corrected chi connectivity index (χ2v) is 4.43. The monoisotopic (exact) mass is 300 g/mol. The van der Waals surface area contributed by atoms with Crippen LogP contribution in [0.4, 0.5) is 5.82 Å². The van der Waals surface area contributed by atoms with Crippen LogP contribution < -0.4 is 10.1 Å². The lowest BCUT2D eigenvalue weighted by Crippen LogP contribution is -2.13. The van der Waals surface area contributed by atoms with Crippen molar-refractivity contribution in [3.8, 4) is 5.88 Å². The zero-order valence-electron chi connectivity index (χ0n) is 10.1. The van der Waals surface area contributed by atoms with Gasteiger partial charge in [-0.15, -0.1) is 0 Å². The van der Waals surface area contributed by atoms with Gasteiger partial charge < -0.3 is 10.1 Å². The summed E-state index contributed by atoms with van der Waals surface area (Å²) in [6, 6.07) is 2.98. The van der Waals surface area contributed by atoms with Gasteiger partial charge in [-0.1, -0.05) is 23.2 Å². The Morgan fingerprint density at radius 1 is 1.42 bits per heavy atom. The molecule has 0 radical (unpaired) electrons. The number of hydrogen-bond acceptors (Lipinski definition) is 4. The predicted molar refractivity (Wildman–Crippen MR) is 72.0 cm³/mol.